The summed E-state index contributed by atoms with van der Waals surface area (Å²) >= 11 is 0. The van der Waals surface area contributed by atoms with E-state index < -0.39 is 0 Å². The number of nitrogens with zero attached hydrogens (tertiary/aromatic N) is 4. The number of morpholine rings is 1. The molecular formula is C19H24N4O2. The number of benzene rings is 1. The van der Waals surface area contributed by atoms with E-state index in [1.165, 1.54) is 0 Å². The molecule has 1 aromatic carbocycles. The Balaban J connectivity index is 1.70. The maximum atomic E-state index is 13.3. The highest BCUT2D eigenvalue weighted by Crippen LogP contribution is 2.27. The summed E-state index contributed by atoms with van der Waals surface area (Å²) in [7, 11) is 6.00. The van der Waals surface area contributed by atoms with Crippen LogP contribution < -0.4 is 4.90 Å². The first-order valence-electron chi connectivity index (χ1n) is 8.73. The maximum absolute atomic E-state index is 13.3. The average Bonchev–Trinajstić information content (AvgIpc) is 3.06. The Kier molecular flexibility index (Phi) is 4.09. The summed E-state index contributed by atoms with van der Waals surface area (Å²) in [4.78, 5) is 24.1. The summed E-state index contributed by atoms with van der Waals surface area (Å²) in [5, 5.41) is 0.905. The van der Waals surface area contributed by atoms with E-state index in [1.54, 1.807) is 0 Å². The molecular weight excluding hydrogens is 316 g/mol. The molecule has 2 aromatic rings. The molecule has 2 atom stereocenters. The molecule has 1 amide bonds. The lowest BCUT2D eigenvalue weighted by molar-refractivity contribution is -0.0368. The van der Waals surface area contributed by atoms with Gasteiger partial charge in [-0.05, 0) is 19.2 Å². The van der Waals surface area contributed by atoms with Crippen LogP contribution in [0.4, 0.5) is 5.82 Å². The number of likely N-dealkylation sites (tertiary alicyclic amines) is 1. The number of likely N-dealkylation sites (N-methyl/N-ethyl adjacent to an activating group) is 1. The molecule has 0 bridgehead atoms. The Morgan fingerprint density at radius 3 is 2.84 bits per heavy atom. The van der Waals surface area contributed by atoms with Gasteiger partial charge in [-0.3, -0.25) is 9.69 Å². The van der Waals surface area contributed by atoms with Crippen molar-refractivity contribution in [2.45, 2.75) is 12.1 Å². The van der Waals surface area contributed by atoms with Crippen LogP contribution in [-0.2, 0) is 4.74 Å². The van der Waals surface area contributed by atoms with Crippen LogP contribution in [0.25, 0.3) is 10.9 Å². The highest BCUT2D eigenvalue weighted by atomic mass is 16.5. The zero-order valence-electron chi connectivity index (χ0n) is 15.0. The predicted molar refractivity (Wildman–Crippen MR) is 98.1 cm³/mol. The Bertz CT molecular complexity index is 807. The number of ether oxygens (including phenoxy) is 1. The summed E-state index contributed by atoms with van der Waals surface area (Å²) in [6, 6.07) is 10.0. The topological polar surface area (TPSA) is 48.9 Å². The lowest BCUT2D eigenvalue weighted by Crippen LogP contribution is -2.48. The van der Waals surface area contributed by atoms with Crippen LogP contribution in [0.3, 0.4) is 0 Å². The third-order valence-corrected chi connectivity index (χ3v) is 5.26. The van der Waals surface area contributed by atoms with E-state index in [9.17, 15) is 4.79 Å². The van der Waals surface area contributed by atoms with Gasteiger partial charge in [-0.15, -0.1) is 0 Å². The van der Waals surface area contributed by atoms with Crippen molar-refractivity contribution in [2.75, 3.05) is 52.3 Å². The summed E-state index contributed by atoms with van der Waals surface area (Å²) in [5.74, 6) is 0.861. The SMILES string of the molecule is CN(C)c1cc(C(=O)N2C[C@H]3OCCN(C)[C@H]3C2)c2ccccc2n1. The molecule has 6 heteroatoms. The lowest BCUT2D eigenvalue weighted by atomic mass is 10.1. The van der Waals surface area contributed by atoms with Crippen molar-refractivity contribution in [3.05, 3.63) is 35.9 Å². The molecule has 2 fully saturated rings. The molecule has 0 spiro atoms. The number of pyridine rings is 1. The van der Waals surface area contributed by atoms with Crippen LogP contribution in [0.15, 0.2) is 30.3 Å². The van der Waals surface area contributed by atoms with Crippen molar-refractivity contribution in [2.24, 2.45) is 0 Å². The third kappa shape index (κ3) is 2.85. The van der Waals surface area contributed by atoms with E-state index in [0.717, 1.165) is 35.4 Å². The Morgan fingerprint density at radius 1 is 1.28 bits per heavy atom. The second-order valence-corrected chi connectivity index (χ2v) is 7.11. The van der Waals surface area contributed by atoms with Gasteiger partial charge >= 0.3 is 0 Å². The van der Waals surface area contributed by atoms with Gasteiger partial charge in [-0.2, -0.15) is 0 Å². The number of carbonyl (C=O) groups excluding carboxylic acids is 1. The molecule has 4 rings (SSSR count). The fourth-order valence-electron chi connectivity index (χ4n) is 3.76. The number of hydrogen-bond acceptors (Lipinski definition) is 5. The van der Waals surface area contributed by atoms with Crippen LogP contribution in [-0.4, -0.2) is 80.2 Å². The van der Waals surface area contributed by atoms with E-state index in [2.05, 4.69) is 16.9 Å². The third-order valence-electron chi connectivity index (χ3n) is 5.26. The smallest absolute Gasteiger partial charge is 0.254 e. The predicted octanol–water partition coefficient (Wildman–Crippen LogP) is 1.46. The highest BCUT2D eigenvalue weighted by molar-refractivity contribution is 6.07. The lowest BCUT2D eigenvalue weighted by Gasteiger charge is -2.33. The van der Waals surface area contributed by atoms with Crippen LogP contribution in [0.1, 0.15) is 10.4 Å². The normalized spacial score (nSPS) is 23.7. The van der Waals surface area contributed by atoms with Crippen molar-refractivity contribution in [3.8, 4) is 0 Å². The van der Waals surface area contributed by atoms with E-state index in [-0.39, 0.29) is 12.0 Å². The minimum atomic E-state index is 0.0631. The molecule has 0 N–H and O–H groups in total. The van der Waals surface area contributed by atoms with Gasteiger partial charge in [0.1, 0.15) is 5.82 Å². The van der Waals surface area contributed by atoms with Crippen LogP contribution in [0.2, 0.25) is 0 Å². The molecule has 2 saturated heterocycles. The van der Waals surface area contributed by atoms with Crippen LogP contribution >= 0.6 is 0 Å². The highest BCUT2D eigenvalue weighted by Gasteiger charge is 2.40. The van der Waals surface area contributed by atoms with Gasteiger partial charge in [0, 0.05) is 39.1 Å². The van der Waals surface area contributed by atoms with Gasteiger partial charge in [0.25, 0.3) is 5.91 Å². The van der Waals surface area contributed by atoms with Gasteiger partial charge in [0.2, 0.25) is 0 Å². The molecule has 1 aromatic heterocycles. The summed E-state index contributed by atoms with van der Waals surface area (Å²) in [6.45, 7) is 3.03. The summed E-state index contributed by atoms with van der Waals surface area (Å²) in [6.07, 6.45) is 0.115. The number of rotatable bonds is 2. The molecule has 0 unspecified atom stereocenters. The number of fused-ring (bicyclic) bond motifs is 2. The van der Waals surface area contributed by atoms with Crippen molar-refractivity contribution < 1.29 is 9.53 Å². The zero-order chi connectivity index (χ0) is 17.6. The van der Waals surface area contributed by atoms with Gasteiger partial charge in [-0.25, -0.2) is 4.98 Å². The largest absolute Gasteiger partial charge is 0.373 e. The van der Waals surface area contributed by atoms with Crippen molar-refractivity contribution in [1.82, 2.24) is 14.8 Å². The molecule has 3 heterocycles. The fourth-order valence-corrected chi connectivity index (χ4v) is 3.76. The Labute approximate surface area is 148 Å². The van der Waals surface area contributed by atoms with Crippen molar-refractivity contribution in [1.29, 1.82) is 0 Å². The molecule has 0 radical (unpaired) electrons. The number of para-hydroxylation sites is 1. The molecule has 6 nitrogen and oxygen atoms in total. The first kappa shape index (κ1) is 16.3. The number of amides is 1. The van der Waals surface area contributed by atoms with E-state index in [1.807, 2.05) is 54.2 Å². The van der Waals surface area contributed by atoms with E-state index >= 15 is 0 Å². The van der Waals surface area contributed by atoms with Crippen LogP contribution in [0, 0.1) is 0 Å². The Morgan fingerprint density at radius 2 is 2.08 bits per heavy atom. The minimum absolute atomic E-state index is 0.0631. The number of carbonyl (C=O) groups is 1. The Hall–Kier alpha value is -2.18. The summed E-state index contributed by atoms with van der Waals surface area (Å²) < 4.78 is 5.88. The molecule has 2 aliphatic rings. The van der Waals surface area contributed by atoms with Crippen molar-refractivity contribution >= 4 is 22.6 Å². The molecule has 0 aliphatic carbocycles. The quantitative estimate of drug-likeness (QED) is 0.828. The number of hydrogen-bond donors (Lipinski definition) is 0. The number of anilines is 1. The molecule has 2 aliphatic heterocycles. The van der Waals surface area contributed by atoms with Gasteiger partial charge in [-0.1, -0.05) is 18.2 Å². The van der Waals surface area contributed by atoms with Gasteiger partial charge in [0.15, 0.2) is 0 Å². The average molecular weight is 340 g/mol. The monoisotopic (exact) mass is 340 g/mol. The maximum Gasteiger partial charge on any atom is 0.254 e. The second kappa shape index (κ2) is 6.28. The van der Waals surface area contributed by atoms with Crippen molar-refractivity contribution in [3.63, 3.8) is 0 Å². The molecule has 0 saturated carbocycles. The fraction of sp³-hybridized carbons (Fsp3) is 0.474. The first-order chi connectivity index (χ1) is 12.0. The van der Waals surface area contributed by atoms with Gasteiger partial charge in [0.05, 0.1) is 29.8 Å². The van der Waals surface area contributed by atoms with E-state index in [4.69, 9.17) is 4.74 Å². The second-order valence-electron chi connectivity index (χ2n) is 7.11. The van der Waals surface area contributed by atoms with Gasteiger partial charge < -0.3 is 14.5 Å². The summed E-state index contributed by atoms with van der Waals surface area (Å²) in [5.41, 5.74) is 1.57. The molecule has 132 valence electrons. The first-order valence-corrected chi connectivity index (χ1v) is 8.73. The van der Waals surface area contributed by atoms with E-state index in [0.29, 0.717) is 19.1 Å². The number of aromatic nitrogens is 1. The minimum Gasteiger partial charge on any atom is -0.373 e. The zero-order valence-corrected chi connectivity index (χ0v) is 15.0. The van der Waals surface area contributed by atoms with Crippen LogP contribution in [0.5, 0.6) is 0 Å². The molecule has 25 heavy (non-hydrogen) atoms. The standard InChI is InChI=1S/C19H24N4O2/c1-21(2)18-10-14(13-6-4-5-7-15(13)20-18)19(24)23-11-16-17(12-23)25-9-8-22(16)3/h4-7,10,16-17H,8-9,11-12H2,1-3H3/t16-,17+/m0/s1.